The van der Waals surface area contributed by atoms with Crippen LogP contribution in [0.4, 0.5) is 0 Å². The molecule has 0 fully saturated rings. The van der Waals surface area contributed by atoms with Crippen LogP contribution in [0.5, 0.6) is 0 Å². The van der Waals surface area contributed by atoms with Crippen molar-refractivity contribution in [2.24, 2.45) is 4.40 Å². The highest BCUT2D eigenvalue weighted by atomic mass is 32.2. The van der Waals surface area contributed by atoms with E-state index in [1.807, 2.05) is 5.32 Å². The first-order valence-electron chi connectivity index (χ1n) is 3.94. The molecule has 0 bridgehead atoms. The lowest BCUT2D eigenvalue weighted by molar-refractivity contribution is 0.597. The fraction of sp³-hybridized carbons (Fsp3) is 0.125. The summed E-state index contributed by atoms with van der Waals surface area (Å²) in [6.45, 7) is 0. The van der Waals surface area contributed by atoms with Crippen molar-refractivity contribution in [1.82, 2.24) is 10.3 Å². The summed E-state index contributed by atoms with van der Waals surface area (Å²) in [6.07, 6.45) is 5.38. The summed E-state index contributed by atoms with van der Waals surface area (Å²) in [4.78, 5) is 3.76. The number of rotatable bonds is 4. The van der Waals surface area contributed by atoms with E-state index in [9.17, 15) is 8.42 Å². The van der Waals surface area contributed by atoms with Gasteiger partial charge in [-0.15, -0.1) is 0 Å². The fourth-order valence-corrected chi connectivity index (χ4v) is 1.76. The Morgan fingerprint density at radius 2 is 2.20 bits per heavy atom. The van der Waals surface area contributed by atoms with E-state index in [0.29, 0.717) is 5.56 Å². The highest BCUT2D eigenvalue weighted by Crippen LogP contribution is 2.04. The standard InChI is InChI=1S/C8H8N4O2S/c9-6-11-7-12-15(13,14)5-8-1-3-10-4-2-8/h1-4,7H,5H2,(H,11,12). The molecule has 7 heteroatoms. The van der Waals surface area contributed by atoms with Crippen LogP contribution in [-0.4, -0.2) is 19.7 Å². The summed E-state index contributed by atoms with van der Waals surface area (Å²) >= 11 is 0. The number of sulfonamides is 1. The molecule has 0 saturated heterocycles. The molecule has 78 valence electrons. The molecule has 0 radical (unpaired) electrons. The van der Waals surface area contributed by atoms with Crippen LogP contribution in [0.25, 0.3) is 0 Å². The fourth-order valence-electron chi connectivity index (χ4n) is 0.862. The maximum atomic E-state index is 11.3. The molecule has 0 atom stereocenters. The molecule has 1 aromatic rings. The molecule has 1 aromatic heterocycles. The first-order chi connectivity index (χ1) is 7.14. The van der Waals surface area contributed by atoms with Crippen molar-refractivity contribution in [3.8, 4) is 6.19 Å². The Hall–Kier alpha value is -1.94. The van der Waals surface area contributed by atoms with E-state index in [0.717, 1.165) is 6.34 Å². The number of hydrogen-bond acceptors (Lipinski definition) is 4. The number of nitrogens with one attached hydrogen (secondary N) is 1. The molecule has 1 rings (SSSR count). The largest absolute Gasteiger partial charge is 0.282 e. The SMILES string of the molecule is N#CN/C=N/S(=O)(=O)Cc1ccncc1. The number of aromatic nitrogens is 1. The van der Waals surface area contributed by atoms with Crippen molar-refractivity contribution in [3.05, 3.63) is 30.1 Å². The summed E-state index contributed by atoms with van der Waals surface area (Å²) in [6, 6.07) is 3.18. The predicted octanol–water partition coefficient (Wildman–Crippen LogP) is 0.0104. The van der Waals surface area contributed by atoms with Gasteiger partial charge in [0.1, 0.15) is 6.34 Å². The third kappa shape index (κ3) is 4.19. The van der Waals surface area contributed by atoms with Crippen molar-refractivity contribution in [1.29, 1.82) is 5.26 Å². The van der Waals surface area contributed by atoms with Crippen LogP contribution in [0.2, 0.25) is 0 Å². The minimum atomic E-state index is -3.58. The van der Waals surface area contributed by atoms with Gasteiger partial charge in [-0.1, -0.05) is 0 Å². The van der Waals surface area contributed by atoms with Gasteiger partial charge in [0.2, 0.25) is 0 Å². The molecule has 6 nitrogen and oxygen atoms in total. The molecule has 0 aromatic carbocycles. The van der Waals surface area contributed by atoms with Crippen LogP contribution in [0.1, 0.15) is 5.56 Å². The van der Waals surface area contributed by atoms with Crippen molar-refractivity contribution in [2.45, 2.75) is 5.75 Å². The quantitative estimate of drug-likeness (QED) is 0.336. The van der Waals surface area contributed by atoms with Gasteiger partial charge >= 0.3 is 0 Å². The minimum Gasteiger partial charge on any atom is -0.282 e. The van der Waals surface area contributed by atoms with Crippen molar-refractivity contribution in [2.75, 3.05) is 0 Å². The van der Waals surface area contributed by atoms with Crippen LogP contribution < -0.4 is 5.32 Å². The van der Waals surface area contributed by atoms with Gasteiger partial charge in [-0.05, 0) is 17.7 Å². The molecule has 0 amide bonds. The van der Waals surface area contributed by atoms with Crippen LogP contribution in [0, 0.1) is 11.5 Å². The second kappa shape index (κ2) is 5.07. The van der Waals surface area contributed by atoms with Gasteiger partial charge in [0.15, 0.2) is 6.19 Å². The Balaban J connectivity index is 2.70. The molecular formula is C8H8N4O2S. The minimum absolute atomic E-state index is 0.209. The molecule has 0 aliphatic rings. The summed E-state index contributed by atoms with van der Waals surface area (Å²) in [5, 5.41) is 10.1. The molecule has 1 heterocycles. The summed E-state index contributed by atoms with van der Waals surface area (Å²) in [5.74, 6) is -0.209. The van der Waals surface area contributed by atoms with Gasteiger partial charge in [-0.3, -0.25) is 10.3 Å². The first kappa shape index (κ1) is 11.1. The third-order valence-electron chi connectivity index (χ3n) is 1.44. The average Bonchev–Trinajstić information content (AvgIpc) is 2.18. The van der Waals surface area contributed by atoms with Crippen LogP contribution in [0.15, 0.2) is 28.9 Å². The average molecular weight is 224 g/mol. The first-order valence-corrected chi connectivity index (χ1v) is 5.55. The molecule has 0 spiro atoms. The zero-order chi connectivity index (χ0) is 11.1. The lowest BCUT2D eigenvalue weighted by atomic mass is 10.3. The highest BCUT2D eigenvalue weighted by Gasteiger charge is 2.08. The van der Waals surface area contributed by atoms with Gasteiger partial charge in [-0.25, -0.2) is 8.42 Å². The van der Waals surface area contributed by atoms with E-state index in [1.54, 1.807) is 12.1 Å². The normalized spacial score (nSPS) is 11.1. The zero-order valence-electron chi connectivity index (χ0n) is 7.66. The summed E-state index contributed by atoms with van der Waals surface area (Å²) < 4.78 is 25.8. The smallest absolute Gasteiger partial charge is 0.258 e. The molecule has 0 aliphatic heterocycles. The number of nitrogens with zero attached hydrogens (tertiary/aromatic N) is 3. The molecular weight excluding hydrogens is 216 g/mol. The third-order valence-corrected chi connectivity index (χ3v) is 2.57. The second-order valence-electron chi connectivity index (χ2n) is 2.57. The van der Waals surface area contributed by atoms with Gasteiger partial charge in [0.05, 0.1) is 5.75 Å². The predicted molar refractivity (Wildman–Crippen MR) is 54.1 cm³/mol. The van der Waals surface area contributed by atoms with Crippen molar-refractivity contribution >= 4 is 16.4 Å². The topological polar surface area (TPSA) is 95.2 Å². The molecule has 1 N–H and O–H groups in total. The van der Waals surface area contributed by atoms with Crippen molar-refractivity contribution in [3.63, 3.8) is 0 Å². The highest BCUT2D eigenvalue weighted by molar-refractivity contribution is 7.89. The number of hydrogen-bond donors (Lipinski definition) is 1. The Labute approximate surface area is 87.3 Å². The maximum absolute atomic E-state index is 11.3. The van der Waals surface area contributed by atoms with Gasteiger partial charge in [-0.2, -0.15) is 9.66 Å². The monoisotopic (exact) mass is 224 g/mol. The van der Waals surface area contributed by atoms with Gasteiger partial charge in [0, 0.05) is 12.4 Å². The van der Waals surface area contributed by atoms with E-state index in [4.69, 9.17) is 5.26 Å². The maximum Gasteiger partial charge on any atom is 0.258 e. The van der Waals surface area contributed by atoms with E-state index < -0.39 is 10.0 Å². The molecule has 0 unspecified atom stereocenters. The van der Waals surface area contributed by atoms with Gasteiger partial charge < -0.3 is 0 Å². The van der Waals surface area contributed by atoms with Gasteiger partial charge in [0.25, 0.3) is 10.0 Å². The van der Waals surface area contributed by atoms with Crippen LogP contribution in [0.3, 0.4) is 0 Å². The van der Waals surface area contributed by atoms with E-state index >= 15 is 0 Å². The number of nitriles is 1. The van der Waals surface area contributed by atoms with Crippen LogP contribution in [-0.2, 0) is 15.8 Å². The summed E-state index contributed by atoms with van der Waals surface area (Å²) in [7, 11) is -3.58. The van der Waals surface area contributed by atoms with Crippen LogP contribution >= 0.6 is 0 Å². The Morgan fingerprint density at radius 3 is 2.80 bits per heavy atom. The van der Waals surface area contributed by atoms with E-state index in [1.165, 1.54) is 18.6 Å². The zero-order valence-corrected chi connectivity index (χ0v) is 8.48. The Morgan fingerprint density at radius 1 is 1.53 bits per heavy atom. The van der Waals surface area contributed by atoms with E-state index in [2.05, 4.69) is 9.38 Å². The van der Waals surface area contributed by atoms with Crippen molar-refractivity contribution < 1.29 is 8.42 Å². The molecule has 15 heavy (non-hydrogen) atoms. The number of pyridine rings is 1. The lowest BCUT2D eigenvalue weighted by Crippen LogP contribution is -2.06. The Kier molecular flexibility index (Phi) is 3.76. The molecule has 0 aliphatic carbocycles. The lowest BCUT2D eigenvalue weighted by Gasteiger charge is -1.97. The van der Waals surface area contributed by atoms with E-state index in [-0.39, 0.29) is 5.75 Å². The Bertz CT molecular complexity index is 475. The summed E-state index contributed by atoms with van der Waals surface area (Å²) in [5.41, 5.74) is 0.596. The second-order valence-corrected chi connectivity index (χ2v) is 4.24. The molecule has 0 saturated carbocycles.